The SMILES string of the molecule is C=CCn1c(C)nnc1SC(C)C(=O)c1[nH]c(C)c(C(=O)OCC)c1C. The zero-order valence-corrected chi connectivity index (χ0v) is 16.6. The molecule has 2 heterocycles. The molecule has 0 aromatic carbocycles. The first kappa shape index (κ1) is 20.0. The molecule has 0 amide bonds. The molecule has 2 rings (SSSR count). The summed E-state index contributed by atoms with van der Waals surface area (Å²) in [7, 11) is 0. The highest BCUT2D eigenvalue weighted by Crippen LogP contribution is 2.27. The van der Waals surface area contributed by atoms with E-state index in [1.54, 1.807) is 26.8 Å². The minimum Gasteiger partial charge on any atom is -0.462 e. The lowest BCUT2D eigenvalue weighted by molar-refractivity contribution is 0.0525. The van der Waals surface area contributed by atoms with E-state index in [-0.39, 0.29) is 12.4 Å². The van der Waals surface area contributed by atoms with Crippen LogP contribution in [0.2, 0.25) is 0 Å². The van der Waals surface area contributed by atoms with Crippen LogP contribution in [0.5, 0.6) is 0 Å². The number of nitrogens with zero attached hydrogens (tertiary/aromatic N) is 3. The number of H-pyrrole nitrogens is 1. The number of aromatic nitrogens is 4. The van der Waals surface area contributed by atoms with E-state index in [4.69, 9.17) is 4.74 Å². The molecular weight excluding hydrogens is 352 g/mol. The third kappa shape index (κ3) is 3.90. The van der Waals surface area contributed by atoms with Gasteiger partial charge >= 0.3 is 5.97 Å². The fraction of sp³-hybridized carbons (Fsp3) is 0.444. The van der Waals surface area contributed by atoms with Gasteiger partial charge in [0.05, 0.1) is 23.1 Å². The van der Waals surface area contributed by atoms with Gasteiger partial charge in [0.1, 0.15) is 5.82 Å². The Kier molecular flexibility index (Phi) is 6.42. The molecule has 0 aliphatic rings. The molecule has 140 valence electrons. The van der Waals surface area contributed by atoms with E-state index >= 15 is 0 Å². The molecule has 7 nitrogen and oxygen atoms in total. The molecule has 26 heavy (non-hydrogen) atoms. The lowest BCUT2D eigenvalue weighted by atomic mass is 10.1. The van der Waals surface area contributed by atoms with Crippen molar-refractivity contribution >= 4 is 23.5 Å². The van der Waals surface area contributed by atoms with E-state index in [9.17, 15) is 9.59 Å². The molecule has 0 bridgehead atoms. The summed E-state index contributed by atoms with van der Waals surface area (Å²) in [5, 5.41) is 8.47. The summed E-state index contributed by atoms with van der Waals surface area (Å²) in [5.41, 5.74) is 2.10. The molecule has 0 spiro atoms. The van der Waals surface area contributed by atoms with Crippen molar-refractivity contribution < 1.29 is 14.3 Å². The number of hydrogen-bond acceptors (Lipinski definition) is 6. The van der Waals surface area contributed by atoms with Crippen LogP contribution < -0.4 is 0 Å². The molecule has 0 aliphatic carbocycles. The standard InChI is InChI=1S/C18H24N4O3S/c1-7-9-22-13(6)20-21-18(22)26-12(5)16(23)15-10(3)14(11(4)19-15)17(24)25-8-2/h7,12,19H,1,8-9H2,2-6H3. The first-order valence-corrected chi connectivity index (χ1v) is 9.27. The number of aryl methyl sites for hydroxylation is 2. The van der Waals surface area contributed by atoms with Gasteiger partial charge in [-0.25, -0.2) is 4.79 Å². The van der Waals surface area contributed by atoms with Gasteiger partial charge in [-0.2, -0.15) is 0 Å². The van der Waals surface area contributed by atoms with Crippen molar-refractivity contribution in [3.8, 4) is 0 Å². The van der Waals surface area contributed by atoms with Crippen molar-refractivity contribution in [1.29, 1.82) is 0 Å². The molecule has 2 aromatic rings. The topological polar surface area (TPSA) is 89.9 Å². The van der Waals surface area contributed by atoms with Crippen molar-refractivity contribution in [3.63, 3.8) is 0 Å². The molecule has 2 aromatic heterocycles. The second-order valence-electron chi connectivity index (χ2n) is 5.90. The molecule has 8 heteroatoms. The Morgan fingerprint density at radius 1 is 1.35 bits per heavy atom. The van der Waals surface area contributed by atoms with E-state index in [1.165, 1.54) is 11.8 Å². The van der Waals surface area contributed by atoms with Crippen LogP contribution in [0.4, 0.5) is 0 Å². The fourth-order valence-electron chi connectivity index (χ4n) is 2.71. The van der Waals surface area contributed by atoms with Gasteiger partial charge in [0.15, 0.2) is 10.9 Å². The first-order chi connectivity index (χ1) is 12.3. The predicted octanol–water partition coefficient (Wildman–Crippen LogP) is 3.26. The first-order valence-electron chi connectivity index (χ1n) is 8.39. The van der Waals surface area contributed by atoms with Gasteiger partial charge in [-0.05, 0) is 40.2 Å². The largest absolute Gasteiger partial charge is 0.462 e. The van der Waals surface area contributed by atoms with Crippen LogP contribution in [0.1, 0.15) is 51.8 Å². The van der Waals surface area contributed by atoms with E-state index in [0.29, 0.717) is 34.2 Å². The Balaban J connectivity index is 2.25. The Morgan fingerprint density at radius 3 is 2.65 bits per heavy atom. The van der Waals surface area contributed by atoms with E-state index in [1.807, 2.05) is 18.4 Å². The van der Waals surface area contributed by atoms with E-state index in [0.717, 1.165) is 5.82 Å². The summed E-state index contributed by atoms with van der Waals surface area (Å²) >= 11 is 1.33. The summed E-state index contributed by atoms with van der Waals surface area (Å²) in [6.45, 7) is 13.5. The van der Waals surface area contributed by atoms with Crippen LogP contribution >= 0.6 is 11.8 Å². The molecule has 0 saturated carbocycles. The number of Topliss-reactive ketones (excluding diaryl/α,β-unsaturated/α-hetero) is 1. The second-order valence-corrected chi connectivity index (χ2v) is 7.21. The van der Waals surface area contributed by atoms with Crippen LogP contribution in [-0.2, 0) is 11.3 Å². The minimum atomic E-state index is -0.417. The normalized spacial score (nSPS) is 12.0. The molecular formula is C18H24N4O3S. The highest BCUT2D eigenvalue weighted by molar-refractivity contribution is 8.00. The number of thioether (sulfide) groups is 1. The monoisotopic (exact) mass is 376 g/mol. The van der Waals surface area contributed by atoms with E-state index < -0.39 is 11.2 Å². The van der Waals surface area contributed by atoms with Crippen LogP contribution in [0.15, 0.2) is 17.8 Å². The predicted molar refractivity (Wildman–Crippen MR) is 101 cm³/mol. The molecule has 1 unspecified atom stereocenters. The molecule has 1 atom stereocenters. The summed E-state index contributed by atoms with van der Waals surface area (Å²) in [4.78, 5) is 28.1. The third-order valence-corrected chi connectivity index (χ3v) is 5.11. The van der Waals surface area contributed by atoms with Gasteiger partial charge in [-0.15, -0.1) is 16.8 Å². The fourth-order valence-corrected chi connectivity index (χ4v) is 3.67. The molecule has 0 saturated heterocycles. The van der Waals surface area contributed by atoms with Crippen molar-refractivity contribution in [3.05, 3.63) is 41.0 Å². The van der Waals surface area contributed by atoms with Crippen molar-refractivity contribution in [1.82, 2.24) is 19.7 Å². The molecule has 1 N–H and O–H groups in total. The van der Waals surface area contributed by atoms with Crippen LogP contribution in [0.25, 0.3) is 0 Å². The number of aromatic amines is 1. The Hall–Kier alpha value is -2.35. The Morgan fingerprint density at radius 2 is 2.04 bits per heavy atom. The quantitative estimate of drug-likeness (QED) is 0.329. The number of allylic oxidation sites excluding steroid dienone is 1. The zero-order valence-electron chi connectivity index (χ0n) is 15.8. The maximum Gasteiger partial charge on any atom is 0.340 e. The Labute approximate surface area is 157 Å². The maximum absolute atomic E-state index is 12.9. The lowest BCUT2D eigenvalue weighted by Crippen LogP contribution is -2.16. The number of esters is 1. The van der Waals surface area contributed by atoms with Crippen molar-refractivity contribution in [2.24, 2.45) is 0 Å². The van der Waals surface area contributed by atoms with Crippen molar-refractivity contribution in [2.75, 3.05) is 6.61 Å². The van der Waals surface area contributed by atoms with Gasteiger partial charge in [-0.1, -0.05) is 17.8 Å². The highest BCUT2D eigenvalue weighted by atomic mass is 32.2. The average Bonchev–Trinajstić information content (AvgIpc) is 3.08. The van der Waals surface area contributed by atoms with Gasteiger partial charge in [-0.3, -0.25) is 4.79 Å². The van der Waals surface area contributed by atoms with Gasteiger partial charge < -0.3 is 14.3 Å². The van der Waals surface area contributed by atoms with Crippen LogP contribution in [0, 0.1) is 20.8 Å². The minimum absolute atomic E-state index is 0.100. The number of ketones is 1. The maximum atomic E-state index is 12.9. The summed E-state index contributed by atoms with van der Waals surface area (Å²) in [6, 6.07) is 0. The number of carbonyl (C=O) groups is 2. The number of ether oxygens (including phenoxy) is 1. The summed E-state index contributed by atoms with van der Waals surface area (Å²) in [6.07, 6.45) is 1.76. The Bertz CT molecular complexity index is 838. The summed E-state index contributed by atoms with van der Waals surface area (Å²) < 4.78 is 6.98. The number of rotatable bonds is 8. The van der Waals surface area contributed by atoms with Gasteiger partial charge in [0.2, 0.25) is 0 Å². The summed E-state index contributed by atoms with van der Waals surface area (Å²) in [5.74, 6) is 0.250. The van der Waals surface area contributed by atoms with Crippen LogP contribution in [0.3, 0.4) is 0 Å². The van der Waals surface area contributed by atoms with Gasteiger partial charge in [0.25, 0.3) is 0 Å². The number of carbonyl (C=O) groups excluding carboxylic acids is 2. The zero-order chi connectivity index (χ0) is 19.4. The smallest absolute Gasteiger partial charge is 0.340 e. The number of hydrogen-bond donors (Lipinski definition) is 1. The van der Waals surface area contributed by atoms with E-state index in [2.05, 4.69) is 21.8 Å². The average molecular weight is 376 g/mol. The molecule has 0 fully saturated rings. The van der Waals surface area contributed by atoms with Crippen LogP contribution in [-0.4, -0.2) is 43.4 Å². The highest BCUT2D eigenvalue weighted by Gasteiger charge is 2.27. The second kappa shape index (κ2) is 8.35. The van der Waals surface area contributed by atoms with Crippen molar-refractivity contribution in [2.45, 2.75) is 51.6 Å². The van der Waals surface area contributed by atoms with Gasteiger partial charge in [0, 0.05) is 12.2 Å². The molecule has 0 aliphatic heterocycles. The molecule has 0 radical (unpaired) electrons. The number of nitrogens with one attached hydrogen (secondary N) is 1. The third-order valence-electron chi connectivity index (χ3n) is 4.03. The lowest BCUT2D eigenvalue weighted by Gasteiger charge is -2.11.